The number of aliphatic hydroxyl groups excluding tert-OH is 1. The molecule has 34 heavy (non-hydrogen) atoms. The van der Waals surface area contributed by atoms with Gasteiger partial charge in [-0.1, -0.05) is 0 Å². The van der Waals surface area contributed by atoms with Gasteiger partial charge in [-0.25, -0.2) is 9.97 Å². The SMILES string of the molecule is COC(CC(O)c1cc(C(F)(F)F)nc(C(F)(F)F)c1)c1cc(C(F)(F)F)nc(C(F)(F)F)c1. The molecule has 0 bridgehead atoms. The van der Waals surface area contributed by atoms with Gasteiger partial charge in [0.15, 0.2) is 0 Å². The number of pyridine rings is 2. The lowest BCUT2D eigenvalue weighted by Crippen LogP contribution is -2.19. The number of hydrogen-bond donors (Lipinski definition) is 1. The smallest absolute Gasteiger partial charge is 0.388 e. The summed E-state index contributed by atoms with van der Waals surface area (Å²) in [6.45, 7) is 0. The Balaban J connectivity index is 2.52. The minimum Gasteiger partial charge on any atom is -0.388 e. The molecule has 190 valence electrons. The van der Waals surface area contributed by atoms with Crippen LogP contribution < -0.4 is 0 Å². The van der Waals surface area contributed by atoms with E-state index in [1.165, 1.54) is 0 Å². The van der Waals surface area contributed by atoms with Crippen molar-refractivity contribution in [3.8, 4) is 0 Å². The van der Waals surface area contributed by atoms with Gasteiger partial charge >= 0.3 is 24.7 Å². The van der Waals surface area contributed by atoms with Crippen molar-refractivity contribution >= 4 is 0 Å². The highest BCUT2D eigenvalue weighted by molar-refractivity contribution is 5.29. The average Bonchev–Trinajstić information content (AvgIpc) is 2.68. The zero-order chi connectivity index (χ0) is 26.3. The van der Waals surface area contributed by atoms with Gasteiger partial charge in [0.2, 0.25) is 0 Å². The Morgan fingerprint density at radius 1 is 0.647 bits per heavy atom. The third-order valence-electron chi connectivity index (χ3n) is 4.34. The van der Waals surface area contributed by atoms with Crippen molar-refractivity contribution in [3.63, 3.8) is 0 Å². The van der Waals surface area contributed by atoms with Gasteiger partial charge in [-0.15, -0.1) is 0 Å². The fraction of sp³-hybridized carbons (Fsp3) is 0.444. The molecule has 0 fully saturated rings. The number of alkyl halides is 12. The molecular weight excluding hydrogens is 504 g/mol. The molecule has 0 aliphatic heterocycles. The Hall–Kier alpha value is -2.62. The van der Waals surface area contributed by atoms with Gasteiger partial charge in [-0.3, -0.25) is 0 Å². The molecule has 0 radical (unpaired) electrons. The van der Waals surface area contributed by atoms with E-state index in [1.807, 2.05) is 0 Å². The maximum absolute atomic E-state index is 13.0. The molecule has 2 atom stereocenters. The number of methoxy groups -OCH3 is 1. The van der Waals surface area contributed by atoms with Crippen molar-refractivity contribution in [1.82, 2.24) is 9.97 Å². The molecular formula is C18H12F12N2O2. The maximum atomic E-state index is 13.0. The topological polar surface area (TPSA) is 55.2 Å². The predicted molar refractivity (Wildman–Crippen MR) is 87.8 cm³/mol. The number of aliphatic hydroxyl groups is 1. The Morgan fingerprint density at radius 2 is 0.941 bits per heavy atom. The molecule has 0 saturated heterocycles. The van der Waals surface area contributed by atoms with Crippen LogP contribution in [0, 0.1) is 0 Å². The van der Waals surface area contributed by atoms with Crippen molar-refractivity contribution in [2.75, 3.05) is 7.11 Å². The molecule has 2 rings (SSSR count). The molecule has 0 spiro atoms. The van der Waals surface area contributed by atoms with Gasteiger partial charge in [0.05, 0.1) is 12.2 Å². The highest BCUT2D eigenvalue weighted by atomic mass is 19.4. The van der Waals surface area contributed by atoms with Crippen LogP contribution in [0.15, 0.2) is 24.3 Å². The third kappa shape index (κ3) is 6.71. The molecule has 0 saturated carbocycles. The van der Waals surface area contributed by atoms with Gasteiger partial charge in [-0.05, 0) is 35.4 Å². The monoisotopic (exact) mass is 516 g/mol. The van der Waals surface area contributed by atoms with Crippen molar-refractivity contribution < 1.29 is 62.5 Å². The van der Waals surface area contributed by atoms with Crippen LogP contribution >= 0.6 is 0 Å². The van der Waals surface area contributed by atoms with E-state index in [4.69, 9.17) is 4.74 Å². The second-order valence-corrected chi connectivity index (χ2v) is 6.81. The zero-order valence-corrected chi connectivity index (χ0v) is 16.5. The molecule has 4 nitrogen and oxygen atoms in total. The number of aromatic nitrogens is 2. The summed E-state index contributed by atoms with van der Waals surface area (Å²) in [5.41, 5.74) is -9.80. The number of rotatable bonds is 5. The van der Waals surface area contributed by atoms with E-state index in [0.29, 0.717) is 0 Å². The Bertz CT molecular complexity index is 947. The second kappa shape index (κ2) is 9.20. The molecule has 2 heterocycles. The molecule has 2 aromatic rings. The van der Waals surface area contributed by atoms with E-state index in [2.05, 4.69) is 9.97 Å². The van der Waals surface area contributed by atoms with Gasteiger partial charge in [0.25, 0.3) is 0 Å². The molecule has 2 unspecified atom stereocenters. The second-order valence-electron chi connectivity index (χ2n) is 6.81. The van der Waals surface area contributed by atoms with Gasteiger partial charge in [0.1, 0.15) is 22.8 Å². The van der Waals surface area contributed by atoms with E-state index in [1.54, 1.807) is 0 Å². The van der Waals surface area contributed by atoms with Crippen LogP contribution in [0.3, 0.4) is 0 Å². The lowest BCUT2D eigenvalue weighted by molar-refractivity contribution is -0.151. The van der Waals surface area contributed by atoms with Gasteiger partial charge < -0.3 is 9.84 Å². The highest BCUT2D eigenvalue weighted by Gasteiger charge is 2.41. The van der Waals surface area contributed by atoms with Crippen LogP contribution in [0.25, 0.3) is 0 Å². The molecule has 2 aromatic heterocycles. The first kappa shape index (κ1) is 27.6. The molecule has 16 heteroatoms. The summed E-state index contributed by atoms with van der Waals surface area (Å²) in [5, 5.41) is 10.2. The quantitative estimate of drug-likeness (QED) is 0.470. The van der Waals surface area contributed by atoms with E-state index in [-0.39, 0.29) is 24.3 Å². The molecule has 0 aromatic carbocycles. The minimum atomic E-state index is -5.36. The summed E-state index contributed by atoms with van der Waals surface area (Å²) >= 11 is 0. The summed E-state index contributed by atoms with van der Waals surface area (Å²) in [6, 6.07) is 0.457. The molecule has 0 amide bonds. The number of nitrogens with zero attached hydrogens (tertiary/aromatic N) is 2. The Kier molecular flexibility index (Phi) is 7.48. The Morgan fingerprint density at radius 3 is 1.21 bits per heavy atom. The van der Waals surface area contributed by atoms with Crippen LogP contribution in [-0.4, -0.2) is 22.2 Å². The molecule has 0 aliphatic carbocycles. The lowest BCUT2D eigenvalue weighted by atomic mass is 9.97. The number of ether oxygens (including phenoxy) is 1. The lowest BCUT2D eigenvalue weighted by Gasteiger charge is -2.22. The normalized spacial score (nSPS) is 15.4. The zero-order valence-electron chi connectivity index (χ0n) is 16.5. The largest absolute Gasteiger partial charge is 0.433 e. The van der Waals surface area contributed by atoms with E-state index in [0.717, 1.165) is 7.11 Å². The van der Waals surface area contributed by atoms with E-state index >= 15 is 0 Å². The summed E-state index contributed by atoms with van der Waals surface area (Å²) in [6.07, 6.45) is -26.4. The summed E-state index contributed by atoms with van der Waals surface area (Å²) in [5.74, 6) is 0. The summed E-state index contributed by atoms with van der Waals surface area (Å²) in [4.78, 5) is 4.92. The standard InChI is InChI=1S/C18H12F12N2O2/c1-34-10(8-4-13(17(25,26)27)32-14(5-8)18(28,29)30)6-9(33)7-2-11(15(19,20)21)31-12(3-7)16(22,23)24/h2-5,9-10,33H,6H2,1H3. The highest BCUT2D eigenvalue weighted by Crippen LogP contribution is 2.39. The molecule has 1 N–H and O–H groups in total. The number of halogens is 12. The number of hydrogen-bond acceptors (Lipinski definition) is 4. The first-order valence-corrected chi connectivity index (χ1v) is 8.77. The van der Waals surface area contributed by atoms with Crippen LogP contribution in [0.2, 0.25) is 0 Å². The van der Waals surface area contributed by atoms with Crippen LogP contribution in [0.5, 0.6) is 0 Å². The van der Waals surface area contributed by atoms with Gasteiger partial charge in [0, 0.05) is 13.5 Å². The van der Waals surface area contributed by atoms with Crippen molar-refractivity contribution in [2.24, 2.45) is 0 Å². The van der Waals surface area contributed by atoms with E-state index in [9.17, 15) is 57.8 Å². The summed E-state index contributed by atoms with van der Waals surface area (Å²) < 4.78 is 160. The van der Waals surface area contributed by atoms with E-state index < -0.39 is 77.2 Å². The van der Waals surface area contributed by atoms with Crippen molar-refractivity contribution in [3.05, 3.63) is 58.2 Å². The third-order valence-corrected chi connectivity index (χ3v) is 4.34. The first-order valence-electron chi connectivity index (χ1n) is 8.77. The maximum Gasteiger partial charge on any atom is 0.433 e. The summed E-state index contributed by atoms with van der Waals surface area (Å²) in [7, 11) is 0.799. The fourth-order valence-corrected chi connectivity index (χ4v) is 2.77. The predicted octanol–water partition coefficient (Wildman–Crippen LogP) is 6.36. The molecule has 0 aliphatic rings. The van der Waals surface area contributed by atoms with Crippen LogP contribution in [0.1, 0.15) is 52.5 Å². The van der Waals surface area contributed by atoms with Gasteiger partial charge in [-0.2, -0.15) is 52.7 Å². The average molecular weight is 516 g/mol. The Labute approximate surface area is 182 Å². The van der Waals surface area contributed by atoms with Crippen molar-refractivity contribution in [2.45, 2.75) is 43.3 Å². The van der Waals surface area contributed by atoms with Crippen LogP contribution in [-0.2, 0) is 29.4 Å². The van der Waals surface area contributed by atoms with Crippen LogP contribution in [0.4, 0.5) is 52.7 Å². The first-order chi connectivity index (χ1) is 15.2. The minimum absolute atomic E-state index is 0.0709. The van der Waals surface area contributed by atoms with Crippen molar-refractivity contribution in [1.29, 1.82) is 0 Å². The fourth-order valence-electron chi connectivity index (χ4n) is 2.77.